The number of aryl methyl sites for hydroxylation is 1. The van der Waals surface area contributed by atoms with E-state index in [9.17, 15) is 16.8 Å². The van der Waals surface area contributed by atoms with Gasteiger partial charge in [-0.25, -0.2) is 26.7 Å². The van der Waals surface area contributed by atoms with E-state index in [0.717, 1.165) is 5.56 Å². The molecule has 0 saturated heterocycles. The highest BCUT2D eigenvalue weighted by molar-refractivity contribution is 7.89. The lowest BCUT2D eigenvalue weighted by Crippen LogP contribution is -2.26. The SMILES string of the molecule is Cc1nn(C(C)C)cc1S(=O)(=O)NCCc1ccc(S(N)(=O)=O)cc1. The van der Waals surface area contributed by atoms with Crippen molar-refractivity contribution in [3.05, 3.63) is 41.7 Å². The first kappa shape index (κ1) is 19.6. The fourth-order valence-electron chi connectivity index (χ4n) is 2.25. The molecule has 0 saturated carbocycles. The summed E-state index contributed by atoms with van der Waals surface area (Å²) >= 11 is 0. The molecule has 138 valence electrons. The Labute approximate surface area is 148 Å². The van der Waals surface area contributed by atoms with Crippen molar-refractivity contribution >= 4 is 20.0 Å². The van der Waals surface area contributed by atoms with Crippen LogP contribution in [0, 0.1) is 6.92 Å². The van der Waals surface area contributed by atoms with Crippen LogP contribution < -0.4 is 9.86 Å². The van der Waals surface area contributed by atoms with Crippen molar-refractivity contribution in [2.24, 2.45) is 5.14 Å². The van der Waals surface area contributed by atoms with Crippen LogP contribution in [0.25, 0.3) is 0 Å². The first-order chi connectivity index (χ1) is 11.5. The molecule has 0 spiro atoms. The number of hydrogen-bond donors (Lipinski definition) is 2. The monoisotopic (exact) mass is 386 g/mol. The number of nitrogens with two attached hydrogens (primary N) is 1. The lowest BCUT2D eigenvalue weighted by atomic mass is 10.2. The lowest BCUT2D eigenvalue weighted by Gasteiger charge is -2.07. The van der Waals surface area contributed by atoms with E-state index >= 15 is 0 Å². The van der Waals surface area contributed by atoms with Crippen LogP contribution >= 0.6 is 0 Å². The van der Waals surface area contributed by atoms with Crippen LogP contribution in [0.1, 0.15) is 31.1 Å². The van der Waals surface area contributed by atoms with Crippen LogP contribution in [0.3, 0.4) is 0 Å². The molecule has 1 heterocycles. The van der Waals surface area contributed by atoms with Gasteiger partial charge >= 0.3 is 0 Å². The first-order valence-corrected chi connectivity index (χ1v) is 10.7. The molecule has 2 aromatic rings. The summed E-state index contributed by atoms with van der Waals surface area (Å²) in [6, 6.07) is 6.08. The largest absolute Gasteiger partial charge is 0.269 e. The average molecular weight is 386 g/mol. The third kappa shape index (κ3) is 4.88. The maximum absolute atomic E-state index is 12.4. The molecule has 1 aromatic heterocycles. The summed E-state index contributed by atoms with van der Waals surface area (Å²) in [5.74, 6) is 0. The normalized spacial score (nSPS) is 12.7. The van der Waals surface area contributed by atoms with Crippen molar-refractivity contribution in [3.63, 3.8) is 0 Å². The van der Waals surface area contributed by atoms with Crippen molar-refractivity contribution < 1.29 is 16.8 Å². The summed E-state index contributed by atoms with van der Waals surface area (Å²) in [5.41, 5.74) is 1.24. The number of nitrogens with one attached hydrogen (secondary N) is 1. The minimum absolute atomic E-state index is 0.0218. The third-order valence-electron chi connectivity index (χ3n) is 3.65. The van der Waals surface area contributed by atoms with Gasteiger partial charge in [-0.2, -0.15) is 5.10 Å². The molecule has 3 N–H and O–H groups in total. The van der Waals surface area contributed by atoms with E-state index in [4.69, 9.17) is 5.14 Å². The van der Waals surface area contributed by atoms with Gasteiger partial charge in [-0.15, -0.1) is 0 Å². The smallest absolute Gasteiger partial charge is 0.243 e. The Morgan fingerprint density at radius 1 is 1.16 bits per heavy atom. The van der Waals surface area contributed by atoms with Gasteiger partial charge in [0.05, 0.1) is 10.6 Å². The molecule has 0 radical (unpaired) electrons. The van der Waals surface area contributed by atoms with Gasteiger partial charge in [-0.1, -0.05) is 12.1 Å². The number of primary sulfonamides is 1. The van der Waals surface area contributed by atoms with E-state index < -0.39 is 20.0 Å². The van der Waals surface area contributed by atoms with Gasteiger partial charge in [0.1, 0.15) is 4.90 Å². The molecule has 1 aromatic carbocycles. The van der Waals surface area contributed by atoms with Crippen LogP contribution in [0.5, 0.6) is 0 Å². The Bertz CT molecular complexity index is 946. The highest BCUT2D eigenvalue weighted by atomic mass is 32.2. The van der Waals surface area contributed by atoms with Gasteiger partial charge in [0.15, 0.2) is 0 Å². The van der Waals surface area contributed by atoms with Crippen LogP contribution in [-0.4, -0.2) is 33.2 Å². The third-order valence-corrected chi connectivity index (χ3v) is 6.14. The van der Waals surface area contributed by atoms with Crippen molar-refractivity contribution in [2.75, 3.05) is 6.54 Å². The van der Waals surface area contributed by atoms with Gasteiger partial charge < -0.3 is 0 Å². The quantitative estimate of drug-likeness (QED) is 0.733. The maximum atomic E-state index is 12.4. The molecular formula is C15H22N4O4S2. The van der Waals surface area contributed by atoms with Crippen molar-refractivity contribution in [2.45, 2.75) is 43.0 Å². The van der Waals surface area contributed by atoms with E-state index in [1.54, 1.807) is 23.7 Å². The second-order valence-corrected chi connectivity index (χ2v) is 9.29. The van der Waals surface area contributed by atoms with Crippen molar-refractivity contribution in [1.29, 1.82) is 0 Å². The van der Waals surface area contributed by atoms with Crippen LogP contribution in [0.4, 0.5) is 0 Å². The highest BCUT2D eigenvalue weighted by Crippen LogP contribution is 2.16. The predicted molar refractivity (Wildman–Crippen MR) is 94.1 cm³/mol. The summed E-state index contributed by atoms with van der Waals surface area (Å²) in [4.78, 5) is 0.180. The fourth-order valence-corrected chi connectivity index (χ4v) is 3.96. The first-order valence-electron chi connectivity index (χ1n) is 7.68. The molecular weight excluding hydrogens is 364 g/mol. The molecule has 0 aliphatic heterocycles. The number of rotatable bonds is 7. The molecule has 8 nitrogen and oxygen atoms in total. The average Bonchev–Trinajstić information content (AvgIpc) is 2.90. The van der Waals surface area contributed by atoms with E-state index in [1.807, 2.05) is 13.8 Å². The Morgan fingerprint density at radius 3 is 2.24 bits per heavy atom. The summed E-state index contributed by atoms with van der Waals surface area (Å²) in [7, 11) is -7.38. The van der Waals surface area contributed by atoms with Crippen LogP contribution in [-0.2, 0) is 26.5 Å². The number of nitrogens with zero attached hydrogens (tertiary/aromatic N) is 2. The molecule has 0 unspecified atom stereocenters. The zero-order chi connectivity index (χ0) is 18.8. The zero-order valence-electron chi connectivity index (χ0n) is 14.3. The van der Waals surface area contributed by atoms with E-state index in [-0.39, 0.29) is 22.4 Å². The second-order valence-electron chi connectivity index (χ2n) is 5.99. The zero-order valence-corrected chi connectivity index (χ0v) is 15.9. The number of hydrogen-bond acceptors (Lipinski definition) is 5. The summed E-state index contributed by atoms with van der Waals surface area (Å²) < 4.78 is 51.4. The van der Waals surface area contributed by atoms with Crippen molar-refractivity contribution in [3.8, 4) is 0 Å². The number of sulfonamides is 2. The van der Waals surface area contributed by atoms with Crippen LogP contribution in [0.2, 0.25) is 0 Å². The summed E-state index contributed by atoms with van der Waals surface area (Å²) in [5, 5.41) is 9.24. The maximum Gasteiger partial charge on any atom is 0.243 e. The standard InChI is InChI=1S/C15H22N4O4S2/c1-11(2)19-10-15(12(3)18-19)25(22,23)17-9-8-13-4-6-14(7-5-13)24(16,20)21/h4-7,10-11,17H,8-9H2,1-3H3,(H2,16,20,21). The molecule has 10 heteroatoms. The summed E-state index contributed by atoms with van der Waals surface area (Å²) in [6.07, 6.45) is 1.94. The van der Waals surface area contributed by atoms with Gasteiger partial charge in [0, 0.05) is 18.8 Å². The Balaban J connectivity index is 2.03. The number of benzene rings is 1. The number of aromatic nitrogens is 2. The predicted octanol–water partition coefficient (Wildman–Crippen LogP) is 0.941. The van der Waals surface area contributed by atoms with E-state index in [1.165, 1.54) is 18.3 Å². The minimum atomic E-state index is -3.73. The molecule has 0 fully saturated rings. The molecule has 25 heavy (non-hydrogen) atoms. The Hall–Kier alpha value is -1.75. The molecule has 0 atom stereocenters. The molecule has 0 bridgehead atoms. The Kier molecular flexibility index (Phi) is 5.67. The Morgan fingerprint density at radius 2 is 1.76 bits per heavy atom. The minimum Gasteiger partial charge on any atom is -0.269 e. The molecule has 0 aliphatic carbocycles. The van der Waals surface area contributed by atoms with E-state index in [0.29, 0.717) is 12.1 Å². The highest BCUT2D eigenvalue weighted by Gasteiger charge is 2.20. The molecule has 2 rings (SSSR count). The van der Waals surface area contributed by atoms with E-state index in [2.05, 4.69) is 9.82 Å². The van der Waals surface area contributed by atoms with Crippen molar-refractivity contribution in [1.82, 2.24) is 14.5 Å². The van der Waals surface area contributed by atoms with Gasteiger partial charge in [0.2, 0.25) is 20.0 Å². The fraction of sp³-hybridized carbons (Fsp3) is 0.400. The molecule has 0 aliphatic rings. The lowest BCUT2D eigenvalue weighted by molar-refractivity contribution is 0.528. The summed E-state index contributed by atoms with van der Waals surface area (Å²) in [6.45, 7) is 5.67. The second kappa shape index (κ2) is 7.24. The van der Waals surface area contributed by atoms with Gasteiger partial charge in [0.25, 0.3) is 0 Å². The van der Waals surface area contributed by atoms with Crippen LogP contribution in [0.15, 0.2) is 40.3 Å². The topological polar surface area (TPSA) is 124 Å². The van der Waals surface area contributed by atoms with Gasteiger partial charge in [-0.3, -0.25) is 4.68 Å². The molecule has 0 amide bonds. The van der Waals surface area contributed by atoms with Gasteiger partial charge in [-0.05, 0) is 44.9 Å².